The van der Waals surface area contributed by atoms with Gasteiger partial charge in [-0.1, -0.05) is 0 Å². The molecule has 82 valence electrons. The summed E-state index contributed by atoms with van der Waals surface area (Å²) in [6, 6.07) is 0. The summed E-state index contributed by atoms with van der Waals surface area (Å²) in [7, 11) is 0. The Kier molecular flexibility index (Phi) is 1.56. The highest BCUT2D eigenvalue weighted by molar-refractivity contribution is 7.18. The lowest BCUT2D eigenvalue weighted by atomic mass is 10.2. The molecule has 2 aromatic rings. The van der Waals surface area contributed by atoms with Crippen molar-refractivity contribution in [2.45, 2.75) is 25.8 Å². The molecule has 2 aromatic heterocycles. The minimum Gasteiger partial charge on any atom is -0.354 e. The van der Waals surface area contributed by atoms with Crippen molar-refractivity contribution in [3.8, 4) is 0 Å². The van der Waals surface area contributed by atoms with Gasteiger partial charge in [-0.2, -0.15) is 0 Å². The van der Waals surface area contributed by atoms with Crippen LogP contribution in [0.4, 0.5) is 5.95 Å². The summed E-state index contributed by atoms with van der Waals surface area (Å²) >= 11 is 1.78. The molecule has 5 heteroatoms. The second-order valence-electron chi connectivity index (χ2n) is 4.40. The van der Waals surface area contributed by atoms with E-state index in [4.69, 9.17) is 5.41 Å². The van der Waals surface area contributed by atoms with E-state index in [-0.39, 0.29) is 0 Å². The van der Waals surface area contributed by atoms with Gasteiger partial charge in [-0.15, -0.1) is 11.3 Å². The van der Waals surface area contributed by atoms with Gasteiger partial charge in [-0.25, -0.2) is 4.98 Å². The molecule has 2 aliphatic rings. The normalized spacial score (nSPS) is 17.5. The minimum atomic E-state index is 0.657. The number of aryl methyl sites for hydroxylation is 2. The molecule has 1 aliphatic carbocycles. The topological polar surface area (TPSA) is 53.7 Å². The molecule has 0 amide bonds. The molecule has 4 rings (SSSR count). The van der Waals surface area contributed by atoms with Crippen LogP contribution in [-0.4, -0.2) is 16.1 Å². The molecule has 0 saturated carbocycles. The van der Waals surface area contributed by atoms with Crippen molar-refractivity contribution >= 4 is 27.5 Å². The summed E-state index contributed by atoms with van der Waals surface area (Å²) in [4.78, 5) is 7.14. The third-order valence-electron chi connectivity index (χ3n) is 3.49. The highest BCUT2D eigenvalue weighted by Gasteiger charge is 2.22. The molecule has 0 radical (unpaired) electrons. The summed E-state index contributed by atoms with van der Waals surface area (Å²) in [5.74, 6) is 0.873. The van der Waals surface area contributed by atoms with Crippen molar-refractivity contribution in [1.82, 2.24) is 9.55 Å². The predicted molar refractivity (Wildman–Crippen MR) is 64.0 cm³/mol. The number of nitrogens with zero attached hydrogens (tertiary/aromatic N) is 2. The summed E-state index contributed by atoms with van der Waals surface area (Å²) < 4.78 is 1.99. The number of hydrogen-bond donors (Lipinski definition) is 2. The maximum absolute atomic E-state index is 8.30. The van der Waals surface area contributed by atoms with Crippen LogP contribution in [0.5, 0.6) is 0 Å². The van der Waals surface area contributed by atoms with E-state index in [1.54, 1.807) is 11.3 Å². The van der Waals surface area contributed by atoms with Crippen LogP contribution < -0.4 is 10.8 Å². The van der Waals surface area contributed by atoms with E-state index < -0.39 is 0 Å². The third-order valence-corrected chi connectivity index (χ3v) is 4.68. The van der Waals surface area contributed by atoms with E-state index in [1.165, 1.54) is 23.3 Å². The van der Waals surface area contributed by atoms with Crippen molar-refractivity contribution < 1.29 is 0 Å². The first-order chi connectivity index (χ1) is 7.84. The average Bonchev–Trinajstić information content (AvgIpc) is 2.89. The van der Waals surface area contributed by atoms with E-state index in [9.17, 15) is 0 Å². The fraction of sp³-hybridized carbons (Fsp3) is 0.455. The zero-order valence-electron chi connectivity index (χ0n) is 8.84. The Morgan fingerprint density at radius 1 is 1.38 bits per heavy atom. The van der Waals surface area contributed by atoms with Gasteiger partial charge in [0.15, 0.2) is 0 Å². The number of anilines is 1. The molecule has 3 heterocycles. The van der Waals surface area contributed by atoms with E-state index in [0.717, 1.165) is 35.7 Å². The number of aromatic nitrogens is 2. The lowest BCUT2D eigenvalue weighted by Crippen LogP contribution is -2.19. The first-order valence-electron chi connectivity index (χ1n) is 5.68. The number of hydrogen-bond acceptors (Lipinski definition) is 4. The van der Waals surface area contributed by atoms with Gasteiger partial charge in [0.2, 0.25) is 5.95 Å². The fourth-order valence-electron chi connectivity index (χ4n) is 2.74. The summed E-state index contributed by atoms with van der Waals surface area (Å²) in [6.07, 6.45) is 3.56. The number of nitrogens with one attached hydrogen (secondary N) is 2. The zero-order chi connectivity index (χ0) is 10.7. The van der Waals surface area contributed by atoms with E-state index in [1.807, 2.05) is 4.57 Å². The van der Waals surface area contributed by atoms with Crippen molar-refractivity contribution in [2.24, 2.45) is 0 Å². The lowest BCUT2D eigenvalue weighted by molar-refractivity contribution is 0.745. The van der Waals surface area contributed by atoms with Gasteiger partial charge in [-0.3, -0.25) is 9.98 Å². The molecule has 0 fully saturated rings. The van der Waals surface area contributed by atoms with Gasteiger partial charge in [0, 0.05) is 18.0 Å². The largest absolute Gasteiger partial charge is 0.354 e. The van der Waals surface area contributed by atoms with Gasteiger partial charge >= 0.3 is 0 Å². The van der Waals surface area contributed by atoms with Crippen LogP contribution in [0.25, 0.3) is 10.2 Å². The van der Waals surface area contributed by atoms with Crippen molar-refractivity contribution in [3.63, 3.8) is 0 Å². The highest BCUT2D eigenvalue weighted by atomic mass is 32.1. The van der Waals surface area contributed by atoms with Crippen molar-refractivity contribution in [3.05, 3.63) is 15.9 Å². The SMILES string of the molecule is N=c1c2c3c(sc2nc2n1CCN2)CCC3. The summed E-state index contributed by atoms with van der Waals surface area (Å²) in [6.45, 7) is 1.78. The number of thiophene rings is 1. The van der Waals surface area contributed by atoms with Crippen LogP contribution in [0.3, 0.4) is 0 Å². The van der Waals surface area contributed by atoms with Gasteiger partial charge in [0.25, 0.3) is 0 Å². The third kappa shape index (κ3) is 0.942. The van der Waals surface area contributed by atoms with E-state index >= 15 is 0 Å². The van der Waals surface area contributed by atoms with Crippen LogP contribution in [0.15, 0.2) is 0 Å². The van der Waals surface area contributed by atoms with Gasteiger partial charge in [0.1, 0.15) is 10.3 Å². The number of rotatable bonds is 0. The first-order valence-corrected chi connectivity index (χ1v) is 6.50. The second-order valence-corrected chi connectivity index (χ2v) is 5.48. The Labute approximate surface area is 96.5 Å². The molecule has 0 aromatic carbocycles. The maximum Gasteiger partial charge on any atom is 0.205 e. The van der Waals surface area contributed by atoms with Crippen molar-refractivity contribution in [2.75, 3.05) is 11.9 Å². The Hall–Kier alpha value is -1.36. The van der Waals surface area contributed by atoms with Gasteiger partial charge in [-0.05, 0) is 24.8 Å². The smallest absolute Gasteiger partial charge is 0.205 e. The Bertz CT molecular complexity index is 652. The quantitative estimate of drug-likeness (QED) is 0.723. The fourth-order valence-corrected chi connectivity index (χ4v) is 4.00. The Morgan fingerprint density at radius 2 is 2.31 bits per heavy atom. The Balaban J connectivity index is 2.18. The highest BCUT2D eigenvalue weighted by Crippen LogP contribution is 2.35. The molecule has 2 N–H and O–H groups in total. The van der Waals surface area contributed by atoms with Crippen LogP contribution in [0, 0.1) is 5.41 Å². The molecule has 0 bridgehead atoms. The van der Waals surface area contributed by atoms with Crippen LogP contribution in [-0.2, 0) is 19.4 Å². The maximum atomic E-state index is 8.30. The summed E-state index contributed by atoms with van der Waals surface area (Å²) in [5, 5.41) is 12.6. The van der Waals surface area contributed by atoms with Crippen LogP contribution in [0.1, 0.15) is 16.9 Å². The molecule has 0 unspecified atom stereocenters. The van der Waals surface area contributed by atoms with Crippen LogP contribution >= 0.6 is 11.3 Å². The second kappa shape index (κ2) is 2.85. The molecular formula is C11H12N4S. The van der Waals surface area contributed by atoms with Crippen LogP contribution in [0.2, 0.25) is 0 Å². The zero-order valence-corrected chi connectivity index (χ0v) is 9.65. The molecule has 0 atom stereocenters. The molecule has 16 heavy (non-hydrogen) atoms. The van der Waals surface area contributed by atoms with Gasteiger partial charge < -0.3 is 5.32 Å². The number of fused-ring (bicyclic) bond motifs is 4. The van der Waals surface area contributed by atoms with Gasteiger partial charge in [0.05, 0.1) is 5.39 Å². The monoisotopic (exact) mass is 232 g/mol. The van der Waals surface area contributed by atoms with Crippen molar-refractivity contribution in [1.29, 1.82) is 5.41 Å². The molecule has 1 aliphatic heterocycles. The minimum absolute atomic E-state index is 0.657. The van der Waals surface area contributed by atoms with E-state index in [0.29, 0.717) is 5.49 Å². The first kappa shape index (κ1) is 8.75. The summed E-state index contributed by atoms with van der Waals surface area (Å²) in [5.41, 5.74) is 2.06. The standard InChI is InChI=1S/C11H12N4S/c12-9-8-6-2-1-3-7(6)16-10(8)14-11-13-4-5-15(9)11/h12H,1-5H2,(H,13,14). The predicted octanol–water partition coefficient (Wildman–Crippen LogP) is 1.49. The average molecular weight is 232 g/mol. The molecular weight excluding hydrogens is 220 g/mol. The Morgan fingerprint density at radius 3 is 3.25 bits per heavy atom. The van der Waals surface area contributed by atoms with E-state index in [2.05, 4.69) is 10.3 Å². The lowest BCUT2D eigenvalue weighted by Gasteiger charge is -2.03. The molecule has 0 saturated heterocycles. The molecule has 4 nitrogen and oxygen atoms in total. The molecule has 0 spiro atoms.